The van der Waals surface area contributed by atoms with E-state index in [4.69, 9.17) is 4.74 Å². The Bertz CT molecular complexity index is 760. The Morgan fingerprint density at radius 3 is 2.31 bits per heavy atom. The zero-order valence-electron chi connectivity index (χ0n) is 14.8. The van der Waals surface area contributed by atoms with Crippen LogP contribution in [0.3, 0.4) is 0 Å². The van der Waals surface area contributed by atoms with Gasteiger partial charge in [0.15, 0.2) is 0 Å². The van der Waals surface area contributed by atoms with Crippen LogP contribution in [0.1, 0.15) is 29.8 Å². The summed E-state index contributed by atoms with van der Waals surface area (Å²) in [6, 6.07) is 9.97. The molecule has 0 unspecified atom stereocenters. The van der Waals surface area contributed by atoms with E-state index in [9.17, 15) is 14.4 Å². The van der Waals surface area contributed by atoms with Gasteiger partial charge in [0.1, 0.15) is 6.54 Å². The highest BCUT2D eigenvalue weighted by Gasteiger charge is 2.16. The highest BCUT2D eigenvalue weighted by atomic mass is 16.5. The van der Waals surface area contributed by atoms with Gasteiger partial charge in [-0.05, 0) is 48.9 Å². The number of nitrogens with zero attached hydrogens (tertiary/aromatic N) is 2. The zero-order chi connectivity index (χ0) is 18.9. The molecule has 1 aromatic carbocycles. The van der Waals surface area contributed by atoms with Gasteiger partial charge in [-0.2, -0.15) is 0 Å². The molecule has 2 aromatic rings. The van der Waals surface area contributed by atoms with Crippen LogP contribution in [0.4, 0.5) is 5.69 Å². The van der Waals surface area contributed by atoms with Crippen LogP contribution in [0, 0.1) is 0 Å². The number of hydrogen-bond donors (Lipinski definition) is 1. The van der Waals surface area contributed by atoms with E-state index in [-0.39, 0.29) is 25.0 Å². The van der Waals surface area contributed by atoms with E-state index < -0.39 is 5.97 Å². The minimum Gasteiger partial charge on any atom is -0.462 e. The van der Waals surface area contributed by atoms with E-state index in [2.05, 4.69) is 10.3 Å². The highest BCUT2D eigenvalue weighted by molar-refractivity contribution is 5.98. The van der Waals surface area contributed by atoms with Crippen LogP contribution < -0.4 is 10.2 Å². The van der Waals surface area contributed by atoms with Crippen molar-refractivity contribution in [2.75, 3.05) is 18.1 Å². The van der Waals surface area contributed by atoms with Gasteiger partial charge in [0, 0.05) is 31.5 Å². The van der Waals surface area contributed by atoms with Gasteiger partial charge < -0.3 is 15.0 Å². The molecule has 0 atom stereocenters. The van der Waals surface area contributed by atoms with Crippen molar-refractivity contribution in [3.8, 4) is 0 Å². The van der Waals surface area contributed by atoms with Crippen molar-refractivity contribution in [3.05, 3.63) is 59.9 Å². The molecular formula is C19H21N3O4. The molecule has 1 N–H and O–H groups in total. The SMILES string of the molecule is CCOC(=O)c1ccc(N(CC(=O)NCc2ccncc2)C(C)=O)cc1. The summed E-state index contributed by atoms with van der Waals surface area (Å²) in [5.74, 6) is -0.983. The lowest BCUT2D eigenvalue weighted by Crippen LogP contribution is -2.39. The first kappa shape index (κ1) is 19.1. The number of aromatic nitrogens is 1. The lowest BCUT2D eigenvalue weighted by molar-refractivity contribution is -0.123. The summed E-state index contributed by atoms with van der Waals surface area (Å²) >= 11 is 0. The zero-order valence-corrected chi connectivity index (χ0v) is 14.8. The van der Waals surface area contributed by atoms with Gasteiger partial charge >= 0.3 is 5.97 Å². The monoisotopic (exact) mass is 355 g/mol. The summed E-state index contributed by atoms with van der Waals surface area (Å²) in [6.07, 6.45) is 3.29. The quantitative estimate of drug-likeness (QED) is 0.767. The summed E-state index contributed by atoms with van der Waals surface area (Å²) in [7, 11) is 0. The molecule has 1 heterocycles. The number of amides is 2. The third-order valence-electron chi connectivity index (χ3n) is 3.61. The summed E-state index contributed by atoms with van der Waals surface area (Å²) in [5.41, 5.74) is 1.84. The van der Waals surface area contributed by atoms with Crippen molar-refractivity contribution in [2.24, 2.45) is 0 Å². The minimum absolute atomic E-state index is 0.112. The number of hydrogen-bond acceptors (Lipinski definition) is 5. The molecule has 0 bridgehead atoms. The molecule has 7 heteroatoms. The Labute approximate surface area is 152 Å². The van der Waals surface area contributed by atoms with Gasteiger partial charge in [-0.15, -0.1) is 0 Å². The van der Waals surface area contributed by atoms with Crippen LogP contribution in [0.5, 0.6) is 0 Å². The number of esters is 1. The van der Waals surface area contributed by atoms with E-state index in [0.29, 0.717) is 17.8 Å². The van der Waals surface area contributed by atoms with E-state index in [1.807, 2.05) is 0 Å². The van der Waals surface area contributed by atoms with Crippen LogP contribution in [0.2, 0.25) is 0 Å². The lowest BCUT2D eigenvalue weighted by Gasteiger charge is -2.21. The molecule has 7 nitrogen and oxygen atoms in total. The van der Waals surface area contributed by atoms with Crippen LogP contribution in [0.25, 0.3) is 0 Å². The van der Waals surface area contributed by atoms with E-state index >= 15 is 0 Å². The van der Waals surface area contributed by atoms with Crippen molar-refractivity contribution in [1.29, 1.82) is 0 Å². The standard InChI is InChI=1S/C19H21N3O4/c1-3-26-19(25)16-4-6-17(7-5-16)22(14(2)23)13-18(24)21-12-15-8-10-20-11-9-15/h4-11H,3,12-13H2,1-2H3,(H,21,24). The third kappa shape index (κ3) is 5.41. The number of pyridine rings is 1. The number of carbonyl (C=O) groups excluding carboxylic acids is 3. The molecular weight excluding hydrogens is 334 g/mol. The Balaban J connectivity index is 2.00. The molecule has 0 saturated carbocycles. The molecule has 0 aliphatic rings. The van der Waals surface area contributed by atoms with Crippen LogP contribution >= 0.6 is 0 Å². The minimum atomic E-state index is -0.427. The molecule has 1 aromatic heterocycles. The summed E-state index contributed by atoms with van der Waals surface area (Å²) in [5, 5.41) is 2.77. The summed E-state index contributed by atoms with van der Waals surface area (Å²) < 4.78 is 4.93. The largest absolute Gasteiger partial charge is 0.462 e. The van der Waals surface area contributed by atoms with Crippen molar-refractivity contribution in [3.63, 3.8) is 0 Å². The predicted molar refractivity (Wildman–Crippen MR) is 96.5 cm³/mol. The number of carbonyl (C=O) groups is 3. The van der Waals surface area contributed by atoms with Gasteiger partial charge in [0.2, 0.25) is 11.8 Å². The van der Waals surface area contributed by atoms with E-state index in [1.54, 1.807) is 55.7 Å². The molecule has 0 radical (unpaired) electrons. The number of ether oxygens (including phenoxy) is 1. The third-order valence-corrected chi connectivity index (χ3v) is 3.61. The first-order valence-electron chi connectivity index (χ1n) is 8.22. The Hall–Kier alpha value is -3.22. The van der Waals surface area contributed by atoms with Crippen molar-refractivity contribution in [2.45, 2.75) is 20.4 Å². The average molecular weight is 355 g/mol. The molecule has 2 amide bonds. The van der Waals surface area contributed by atoms with E-state index in [1.165, 1.54) is 11.8 Å². The fraction of sp³-hybridized carbons (Fsp3) is 0.263. The van der Waals surface area contributed by atoms with Crippen molar-refractivity contribution >= 4 is 23.5 Å². The second-order valence-corrected chi connectivity index (χ2v) is 5.50. The highest BCUT2D eigenvalue weighted by Crippen LogP contribution is 2.16. The number of nitrogens with one attached hydrogen (secondary N) is 1. The summed E-state index contributed by atoms with van der Waals surface area (Å²) in [4.78, 5) is 41.0. The maximum Gasteiger partial charge on any atom is 0.338 e. The molecule has 2 rings (SSSR count). The molecule has 136 valence electrons. The smallest absolute Gasteiger partial charge is 0.338 e. The molecule has 26 heavy (non-hydrogen) atoms. The van der Waals surface area contributed by atoms with E-state index in [0.717, 1.165) is 5.56 Å². The molecule has 0 spiro atoms. The van der Waals surface area contributed by atoms with Gasteiger partial charge in [-0.25, -0.2) is 4.79 Å². The predicted octanol–water partition coefficient (Wildman–Crippen LogP) is 1.93. The van der Waals surface area contributed by atoms with Gasteiger partial charge in [0.25, 0.3) is 0 Å². The maximum absolute atomic E-state index is 12.2. The van der Waals surface area contributed by atoms with Crippen LogP contribution in [-0.4, -0.2) is 35.9 Å². The normalized spacial score (nSPS) is 10.1. The first-order valence-corrected chi connectivity index (χ1v) is 8.22. The topological polar surface area (TPSA) is 88.6 Å². The number of anilines is 1. The lowest BCUT2D eigenvalue weighted by atomic mass is 10.2. The number of benzene rings is 1. The second kappa shape index (κ2) is 9.31. The maximum atomic E-state index is 12.2. The molecule has 0 saturated heterocycles. The van der Waals surface area contributed by atoms with Gasteiger partial charge in [-0.3, -0.25) is 14.6 Å². The molecule has 0 aliphatic carbocycles. The number of rotatable bonds is 7. The van der Waals surface area contributed by atoms with Crippen molar-refractivity contribution < 1.29 is 19.1 Å². The molecule has 0 aliphatic heterocycles. The van der Waals surface area contributed by atoms with Gasteiger partial charge in [0.05, 0.1) is 12.2 Å². The van der Waals surface area contributed by atoms with Gasteiger partial charge in [-0.1, -0.05) is 0 Å². The first-order chi connectivity index (χ1) is 12.5. The average Bonchev–Trinajstić information content (AvgIpc) is 2.65. The Morgan fingerprint density at radius 2 is 1.73 bits per heavy atom. The fourth-order valence-corrected chi connectivity index (χ4v) is 2.28. The Morgan fingerprint density at radius 1 is 1.08 bits per heavy atom. The second-order valence-electron chi connectivity index (χ2n) is 5.50. The van der Waals surface area contributed by atoms with Crippen LogP contribution in [0.15, 0.2) is 48.8 Å². The van der Waals surface area contributed by atoms with Crippen molar-refractivity contribution in [1.82, 2.24) is 10.3 Å². The molecule has 0 fully saturated rings. The van der Waals surface area contributed by atoms with Crippen LogP contribution in [-0.2, 0) is 20.9 Å². The Kier molecular flexibility index (Phi) is 6.84. The summed E-state index contributed by atoms with van der Waals surface area (Å²) in [6.45, 7) is 3.65. The fourth-order valence-electron chi connectivity index (χ4n) is 2.28.